The van der Waals surface area contributed by atoms with Crippen LogP contribution in [0.5, 0.6) is 5.75 Å². The fraction of sp³-hybridized carbons (Fsp3) is 0.0323. The molecule has 302 valence electrons. The second kappa shape index (κ2) is 15.9. The lowest BCUT2D eigenvalue weighted by Crippen LogP contribution is -2.34. The molecule has 0 bridgehead atoms. The van der Waals surface area contributed by atoms with Gasteiger partial charge in [-0.3, -0.25) is 0 Å². The maximum Gasteiger partial charge on any atom is 0.128 e. The first-order valence-electron chi connectivity index (χ1n) is 22.1. The Labute approximate surface area is 374 Å². The second-order valence-electron chi connectivity index (χ2n) is 16.8. The van der Waals surface area contributed by atoms with Crippen molar-refractivity contribution in [1.82, 2.24) is 0 Å². The molecule has 10 aromatic rings. The summed E-state index contributed by atoms with van der Waals surface area (Å²) in [5.74, 6) is 1.06. The number of anilines is 3. The Hall–Kier alpha value is -8.20. The summed E-state index contributed by atoms with van der Waals surface area (Å²) >= 11 is 0. The number of benzene rings is 10. The number of nitrogens with zero attached hydrogens (tertiary/aromatic N) is 1. The van der Waals surface area contributed by atoms with Gasteiger partial charge < -0.3 is 9.64 Å². The molecule has 1 aliphatic carbocycles. The zero-order valence-electron chi connectivity index (χ0n) is 35.2. The van der Waals surface area contributed by atoms with Gasteiger partial charge in [0.2, 0.25) is 0 Å². The molecule has 12 rings (SSSR count). The third kappa shape index (κ3) is 6.77. The van der Waals surface area contributed by atoms with E-state index in [0.717, 1.165) is 33.9 Å². The SMILES string of the molecule is C1=c2ccccc2=CC2c3c(cccc3-c3ccccc3N(c3ccc(-c4ccc(-c5ccccc5)c(-c5ccccc5)c4)cc3)c3ccc(-c4ccc5ccccc5c4)cc3)OC12. The molecule has 0 amide bonds. The van der Waals surface area contributed by atoms with Crippen molar-refractivity contribution in [2.45, 2.75) is 12.0 Å². The lowest BCUT2D eigenvalue weighted by molar-refractivity contribution is 0.288. The quantitative estimate of drug-likeness (QED) is 0.151. The average molecular weight is 818 g/mol. The molecule has 0 N–H and O–H groups in total. The third-order valence-electron chi connectivity index (χ3n) is 13.0. The standard InChI is InChI=1S/C62H43NO/c1-3-15-45(16-4-1)54-37-32-51(39-57(54)46-17-5-2-6-18-46)44-30-35-53(36-31-44)63(52-33-28-43(29-34-52)50-27-26-42-14-7-8-19-47(42)38-50)59-24-12-11-22-55(59)56-23-13-25-60-62(56)58-40-48-20-9-10-21-49(48)41-61(58)64-60/h1-41,58,61H. The molecule has 2 unspecified atom stereocenters. The third-order valence-corrected chi connectivity index (χ3v) is 13.0. The Morgan fingerprint density at radius 2 is 0.875 bits per heavy atom. The van der Waals surface area contributed by atoms with E-state index in [4.69, 9.17) is 4.74 Å². The summed E-state index contributed by atoms with van der Waals surface area (Å²) in [6.45, 7) is 0. The van der Waals surface area contributed by atoms with Crippen LogP contribution in [-0.2, 0) is 0 Å². The number of hydrogen-bond donors (Lipinski definition) is 0. The van der Waals surface area contributed by atoms with Crippen LogP contribution in [0.15, 0.2) is 237 Å². The van der Waals surface area contributed by atoms with E-state index in [1.807, 2.05) is 0 Å². The number of rotatable bonds is 8. The van der Waals surface area contributed by atoms with Gasteiger partial charge in [-0.15, -0.1) is 0 Å². The minimum absolute atomic E-state index is 0.0475. The van der Waals surface area contributed by atoms with Crippen LogP contribution in [0, 0.1) is 0 Å². The van der Waals surface area contributed by atoms with Crippen molar-refractivity contribution in [2.24, 2.45) is 0 Å². The molecule has 2 atom stereocenters. The zero-order valence-corrected chi connectivity index (χ0v) is 35.2. The molecular weight excluding hydrogens is 775 g/mol. The van der Waals surface area contributed by atoms with Crippen molar-refractivity contribution in [3.63, 3.8) is 0 Å². The van der Waals surface area contributed by atoms with Crippen LogP contribution in [0.4, 0.5) is 17.1 Å². The van der Waals surface area contributed by atoms with Gasteiger partial charge in [-0.1, -0.05) is 194 Å². The Balaban J connectivity index is 0.978. The highest BCUT2D eigenvalue weighted by Gasteiger charge is 2.35. The molecular formula is C62H43NO. The van der Waals surface area contributed by atoms with Gasteiger partial charge in [-0.2, -0.15) is 0 Å². The Morgan fingerprint density at radius 3 is 1.59 bits per heavy atom. The van der Waals surface area contributed by atoms with Crippen LogP contribution in [-0.4, -0.2) is 6.10 Å². The number of ether oxygens (including phenoxy) is 1. The highest BCUT2D eigenvalue weighted by atomic mass is 16.5. The largest absolute Gasteiger partial charge is 0.485 e. The second-order valence-corrected chi connectivity index (χ2v) is 16.8. The predicted molar refractivity (Wildman–Crippen MR) is 268 cm³/mol. The minimum atomic E-state index is -0.0475. The van der Waals surface area contributed by atoms with Gasteiger partial charge in [0.15, 0.2) is 0 Å². The van der Waals surface area contributed by atoms with E-state index in [9.17, 15) is 0 Å². The summed E-state index contributed by atoms with van der Waals surface area (Å²) in [5.41, 5.74) is 16.4. The molecule has 2 aliphatic rings. The van der Waals surface area contributed by atoms with Crippen LogP contribution >= 0.6 is 0 Å². The molecule has 0 saturated heterocycles. The summed E-state index contributed by atoms with van der Waals surface area (Å²) < 4.78 is 6.71. The van der Waals surface area contributed by atoms with Crippen LogP contribution in [0.1, 0.15) is 11.5 Å². The summed E-state index contributed by atoms with van der Waals surface area (Å²) in [5, 5.41) is 4.96. The first-order valence-corrected chi connectivity index (χ1v) is 22.1. The molecule has 0 aromatic heterocycles. The van der Waals surface area contributed by atoms with Crippen molar-refractivity contribution in [2.75, 3.05) is 4.90 Å². The molecule has 0 spiro atoms. The van der Waals surface area contributed by atoms with E-state index < -0.39 is 0 Å². The van der Waals surface area contributed by atoms with Crippen molar-refractivity contribution in [3.8, 4) is 61.4 Å². The fourth-order valence-electron chi connectivity index (χ4n) is 9.86. The molecule has 10 aromatic carbocycles. The predicted octanol–water partition coefficient (Wildman–Crippen LogP) is 14.8. The number of fused-ring (bicyclic) bond motifs is 5. The zero-order chi connectivity index (χ0) is 42.4. The first-order chi connectivity index (χ1) is 31.7. The summed E-state index contributed by atoms with van der Waals surface area (Å²) in [7, 11) is 0. The Bertz CT molecular complexity index is 3470. The van der Waals surface area contributed by atoms with Gasteiger partial charge in [0.05, 0.1) is 5.69 Å². The lowest BCUT2D eigenvalue weighted by atomic mass is 9.85. The van der Waals surface area contributed by atoms with Crippen LogP contribution in [0.25, 0.3) is 78.6 Å². The summed E-state index contributed by atoms with van der Waals surface area (Å²) in [4.78, 5) is 2.41. The molecule has 64 heavy (non-hydrogen) atoms. The van der Waals surface area contributed by atoms with Crippen molar-refractivity contribution < 1.29 is 4.74 Å². The molecule has 0 saturated carbocycles. The van der Waals surface area contributed by atoms with Crippen LogP contribution in [0.2, 0.25) is 0 Å². The van der Waals surface area contributed by atoms with Crippen molar-refractivity contribution in [3.05, 3.63) is 253 Å². The van der Waals surface area contributed by atoms with Gasteiger partial charge in [-0.25, -0.2) is 0 Å². The topological polar surface area (TPSA) is 12.5 Å². The van der Waals surface area contributed by atoms with E-state index in [0.29, 0.717) is 0 Å². The normalized spacial score (nSPS) is 14.6. The molecule has 1 aliphatic heterocycles. The Morgan fingerprint density at radius 1 is 0.328 bits per heavy atom. The van der Waals surface area contributed by atoms with Gasteiger partial charge in [-0.05, 0) is 126 Å². The van der Waals surface area contributed by atoms with E-state index in [-0.39, 0.29) is 12.0 Å². The van der Waals surface area contributed by atoms with Crippen molar-refractivity contribution in [1.29, 1.82) is 0 Å². The highest BCUT2D eigenvalue weighted by molar-refractivity contribution is 5.93. The maximum atomic E-state index is 6.71. The molecule has 0 radical (unpaired) electrons. The van der Waals surface area contributed by atoms with Crippen LogP contribution in [0.3, 0.4) is 0 Å². The van der Waals surface area contributed by atoms with Gasteiger partial charge in [0.25, 0.3) is 0 Å². The van der Waals surface area contributed by atoms with E-state index >= 15 is 0 Å². The molecule has 1 heterocycles. The van der Waals surface area contributed by atoms with Gasteiger partial charge in [0, 0.05) is 28.4 Å². The molecule has 2 heteroatoms. The molecule has 2 nitrogen and oxygen atoms in total. The number of hydrogen-bond acceptors (Lipinski definition) is 2. The Kier molecular flexibility index (Phi) is 9.34. The van der Waals surface area contributed by atoms with Crippen LogP contribution < -0.4 is 20.1 Å². The van der Waals surface area contributed by atoms with E-state index in [1.54, 1.807) is 0 Å². The monoisotopic (exact) mass is 817 g/mol. The smallest absolute Gasteiger partial charge is 0.128 e. The summed E-state index contributed by atoms with van der Waals surface area (Å²) in [6.07, 6.45) is 4.64. The molecule has 0 fully saturated rings. The fourth-order valence-corrected chi connectivity index (χ4v) is 9.86. The van der Waals surface area contributed by atoms with Gasteiger partial charge >= 0.3 is 0 Å². The van der Waals surface area contributed by atoms with Crippen molar-refractivity contribution >= 4 is 40.0 Å². The minimum Gasteiger partial charge on any atom is -0.485 e. The maximum absolute atomic E-state index is 6.71. The van der Waals surface area contributed by atoms with Gasteiger partial charge in [0.1, 0.15) is 11.9 Å². The highest BCUT2D eigenvalue weighted by Crippen LogP contribution is 2.50. The first kappa shape index (κ1) is 37.6. The average Bonchev–Trinajstić information content (AvgIpc) is 3.74. The number of para-hydroxylation sites is 1. The summed E-state index contributed by atoms with van der Waals surface area (Å²) in [6, 6.07) is 85.7. The van der Waals surface area contributed by atoms with E-state index in [1.165, 1.54) is 71.3 Å². The lowest BCUT2D eigenvalue weighted by Gasteiger charge is -2.29. The van der Waals surface area contributed by atoms with E-state index in [2.05, 4.69) is 254 Å².